The van der Waals surface area contributed by atoms with E-state index in [9.17, 15) is 4.79 Å². The summed E-state index contributed by atoms with van der Waals surface area (Å²) in [4.78, 5) is 10.7. The molecule has 0 N–H and O–H groups in total. The van der Waals surface area contributed by atoms with Crippen LogP contribution in [0.2, 0.25) is 0 Å². The first kappa shape index (κ1) is 7.32. The van der Waals surface area contributed by atoms with E-state index in [1.807, 2.05) is 13.0 Å². The molecule has 56 valence electrons. The molecule has 0 saturated carbocycles. The Labute approximate surface area is 60.9 Å². The second-order valence-corrected chi connectivity index (χ2v) is 2.68. The zero-order valence-electron chi connectivity index (χ0n) is 6.17. The number of allylic oxidation sites excluding steroid dienone is 1. The molecule has 2 heteroatoms. The normalized spacial score (nSPS) is 31.9. The number of carbonyl (C=O) groups is 1. The molecule has 0 radical (unpaired) electrons. The Hall–Kier alpha value is -0.790. The van der Waals surface area contributed by atoms with Crippen LogP contribution in [0.1, 0.15) is 19.8 Å². The van der Waals surface area contributed by atoms with E-state index in [0.29, 0.717) is 12.3 Å². The molecule has 1 aliphatic heterocycles. The third-order valence-electron chi connectivity index (χ3n) is 1.88. The molecule has 1 rings (SSSR count). The summed E-state index contributed by atoms with van der Waals surface area (Å²) in [5.41, 5.74) is 0. The molecular weight excluding hydrogens is 128 g/mol. The Morgan fingerprint density at radius 2 is 2.60 bits per heavy atom. The number of cyclic esters (lactones) is 1. The predicted octanol–water partition coefficient (Wildman–Crippen LogP) is 1.51. The molecule has 0 aromatic rings. The smallest absolute Gasteiger partial charge is 0.306 e. The molecule has 0 bridgehead atoms. The predicted molar refractivity (Wildman–Crippen MR) is 38.5 cm³/mol. The van der Waals surface area contributed by atoms with Gasteiger partial charge in [-0.25, -0.2) is 0 Å². The fourth-order valence-electron chi connectivity index (χ4n) is 1.22. The molecular formula is C8H12O2. The summed E-state index contributed by atoms with van der Waals surface area (Å²) >= 11 is 0. The number of hydrogen-bond donors (Lipinski definition) is 0. The Bertz CT molecular complexity index is 151. The van der Waals surface area contributed by atoms with Gasteiger partial charge in [-0.2, -0.15) is 0 Å². The molecule has 2 nitrogen and oxygen atoms in total. The van der Waals surface area contributed by atoms with Gasteiger partial charge in [0.15, 0.2) is 0 Å². The maximum Gasteiger partial charge on any atom is 0.306 e. The van der Waals surface area contributed by atoms with Crippen molar-refractivity contribution in [1.29, 1.82) is 0 Å². The number of rotatable bonds is 2. The highest BCUT2D eigenvalue weighted by molar-refractivity contribution is 5.72. The van der Waals surface area contributed by atoms with Crippen molar-refractivity contribution in [3.8, 4) is 0 Å². The molecule has 0 spiro atoms. The van der Waals surface area contributed by atoms with Gasteiger partial charge in [-0.3, -0.25) is 4.79 Å². The molecule has 0 aromatic heterocycles. The van der Waals surface area contributed by atoms with E-state index in [1.54, 1.807) is 0 Å². The average molecular weight is 140 g/mol. The van der Waals surface area contributed by atoms with E-state index in [4.69, 9.17) is 4.74 Å². The Morgan fingerprint density at radius 3 is 3.00 bits per heavy atom. The van der Waals surface area contributed by atoms with E-state index in [2.05, 4.69) is 6.58 Å². The van der Waals surface area contributed by atoms with E-state index < -0.39 is 0 Å². The van der Waals surface area contributed by atoms with Crippen LogP contribution in [0.15, 0.2) is 12.7 Å². The minimum atomic E-state index is -0.0700. The third-order valence-corrected chi connectivity index (χ3v) is 1.88. The van der Waals surface area contributed by atoms with E-state index in [-0.39, 0.29) is 12.1 Å². The monoisotopic (exact) mass is 140 g/mol. The molecule has 2 unspecified atom stereocenters. The van der Waals surface area contributed by atoms with Gasteiger partial charge in [0.25, 0.3) is 0 Å². The molecule has 10 heavy (non-hydrogen) atoms. The first-order valence-corrected chi connectivity index (χ1v) is 3.54. The zero-order valence-corrected chi connectivity index (χ0v) is 6.17. The van der Waals surface area contributed by atoms with Crippen molar-refractivity contribution < 1.29 is 9.53 Å². The highest BCUT2D eigenvalue weighted by atomic mass is 16.5. The van der Waals surface area contributed by atoms with Crippen molar-refractivity contribution in [2.45, 2.75) is 25.9 Å². The fraction of sp³-hybridized carbons (Fsp3) is 0.625. The van der Waals surface area contributed by atoms with Gasteiger partial charge < -0.3 is 4.74 Å². The maximum atomic E-state index is 10.7. The number of ether oxygens (including phenoxy) is 1. The lowest BCUT2D eigenvalue weighted by molar-refractivity contribution is -0.140. The van der Waals surface area contributed by atoms with Crippen LogP contribution in [0.3, 0.4) is 0 Å². The first-order valence-electron chi connectivity index (χ1n) is 3.54. The van der Waals surface area contributed by atoms with Crippen LogP contribution in [0, 0.1) is 5.92 Å². The van der Waals surface area contributed by atoms with Gasteiger partial charge in [-0.15, -0.1) is 6.58 Å². The zero-order chi connectivity index (χ0) is 7.56. The standard InChI is InChI=1S/C8H12O2/c1-3-4-7-5-8(9)10-6(7)2/h3,6-7H,1,4-5H2,2H3. The van der Waals surface area contributed by atoms with Crippen molar-refractivity contribution in [2.75, 3.05) is 0 Å². The second-order valence-electron chi connectivity index (χ2n) is 2.68. The molecule has 2 atom stereocenters. The molecule has 0 aliphatic carbocycles. The molecule has 0 aromatic carbocycles. The van der Waals surface area contributed by atoms with Crippen molar-refractivity contribution >= 4 is 5.97 Å². The molecule has 1 saturated heterocycles. The van der Waals surface area contributed by atoms with E-state index in [1.165, 1.54) is 0 Å². The highest BCUT2D eigenvalue weighted by Crippen LogP contribution is 2.24. The second kappa shape index (κ2) is 2.86. The number of carbonyl (C=O) groups excluding carboxylic acids is 1. The Kier molecular flexibility index (Phi) is 2.10. The maximum absolute atomic E-state index is 10.7. The van der Waals surface area contributed by atoms with Crippen molar-refractivity contribution in [3.63, 3.8) is 0 Å². The minimum Gasteiger partial charge on any atom is -0.462 e. The molecule has 0 amide bonds. The van der Waals surface area contributed by atoms with E-state index in [0.717, 1.165) is 6.42 Å². The SMILES string of the molecule is C=CCC1CC(=O)OC1C. The quantitative estimate of drug-likeness (QED) is 0.429. The van der Waals surface area contributed by atoms with Crippen LogP contribution >= 0.6 is 0 Å². The number of hydrogen-bond acceptors (Lipinski definition) is 2. The van der Waals surface area contributed by atoms with E-state index >= 15 is 0 Å². The summed E-state index contributed by atoms with van der Waals surface area (Å²) in [6, 6.07) is 0. The van der Waals surface area contributed by atoms with Crippen LogP contribution < -0.4 is 0 Å². The Balaban J connectivity index is 2.45. The van der Waals surface area contributed by atoms with Crippen LogP contribution in [0.5, 0.6) is 0 Å². The summed E-state index contributed by atoms with van der Waals surface area (Å²) in [6.45, 7) is 5.55. The van der Waals surface area contributed by atoms with Crippen molar-refractivity contribution in [3.05, 3.63) is 12.7 Å². The summed E-state index contributed by atoms with van der Waals surface area (Å²) < 4.78 is 4.94. The van der Waals surface area contributed by atoms with Gasteiger partial charge in [-0.1, -0.05) is 6.08 Å². The summed E-state index contributed by atoms with van der Waals surface area (Å²) in [5.74, 6) is 0.296. The van der Waals surface area contributed by atoms with Gasteiger partial charge >= 0.3 is 5.97 Å². The van der Waals surface area contributed by atoms with Gasteiger partial charge in [0.2, 0.25) is 0 Å². The van der Waals surface area contributed by atoms with Crippen LogP contribution in [0.4, 0.5) is 0 Å². The van der Waals surface area contributed by atoms with Crippen LogP contribution in [-0.4, -0.2) is 12.1 Å². The van der Waals surface area contributed by atoms with Gasteiger partial charge in [0.05, 0.1) is 6.42 Å². The van der Waals surface area contributed by atoms with Gasteiger partial charge in [0.1, 0.15) is 6.10 Å². The summed E-state index contributed by atoms with van der Waals surface area (Å²) in [5, 5.41) is 0. The fourth-order valence-corrected chi connectivity index (χ4v) is 1.22. The third kappa shape index (κ3) is 1.38. The van der Waals surface area contributed by atoms with Gasteiger partial charge in [0, 0.05) is 5.92 Å². The topological polar surface area (TPSA) is 26.3 Å². The lowest BCUT2D eigenvalue weighted by atomic mass is 9.99. The van der Waals surface area contributed by atoms with Crippen LogP contribution in [-0.2, 0) is 9.53 Å². The van der Waals surface area contributed by atoms with Crippen molar-refractivity contribution in [2.24, 2.45) is 5.92 Å². The minimum absolute atomic E-state index is 0.0700. The Morgan fingerprint density at radius 1 is 1.90 bits per heavy atom. The number of esters is 1. The molecule has 1 heterocycles. The lowest BCUT2D eigenvalue weighted by Crippen LogP contribution is -2.09. The summed E-state index contributed by atoms with van der Waals surface area (Å²) in [6.07, 6.45) is 3.37. The van der Waals surface area contributed by atoms with Gasteiger partial charge in [-0.05, 0) is 13.3 Å². The average Bonchev–Trinajstić information content (AvgIpc) is 2.13. The summed E-state index contributed by atoms with van der Waals surface area (Å²) in [7, 11) is 0. The highest BCUT2D eigenvalue weighted by Gasteiger charge is 2.29. The van der Waals surface area contributed by atoms with Crippen molar-refractivity contribution in [1.82, 2.24) is 0 Å². The van der Waals surface area contributed by atoms with Crippen LogP contribution in [0.25, 0.3) is 0 Å². The lowest BCUT2D eigenvalue weighted by Gasteiger charge is -2.08. The molecule has 1 fully saturated rings. The largest absolute Gasteiger partial charge is 0.462 e. The molecule has 1 aliphatic rings. The first-order chi connectivity index (χ1) is 4.74.